The zero-order chi connectivity index (χ0) is 19.9. The van der Waals surface area contributed by atoms with Gasteiger partial charge in [0, 0.05) is 31.5 Å². The van der Waals surface area contributed by atoms with Crippen molar-refractivity contribution in [3.63, 3.8) is 0 Å². The Morgan fingerprint density at radius 1 is 1.36 bits per heavy atom. The van der Waals surface area contributed by atoms with E-state index in [0.717, 1.165) is 36.6 Å². The Labute approximate surface area is 166 Å². The summed E-state index contributed by atoms with van der Waals surface area (Å²) in [5, 5.41) is 2.93. The highest BCUT2D eigenvalue weighted by atomic mass is 16.5. The number of carbonyl (C=O) groups is 1. The second-order valence-corrected chi connectivity index (χ2v) is 6.99. The lowest BCUT2D eigenvalue weighted by molar-refractivity contribution is 0.0529. The molecule has 0 aliphatic carbocycles. The molecule has 1 unspecified atom stereocenters. The molecule has 1 saturated heterocycles. The summed E-state index contributed by atoms with van der Waals surface area (Å²) in [5.74, 6) is 1.11. The van der Waals surface area contributed by atoms with Crippen LogP contribution < -0.4 is 15.0 Å². The topological polar surface area (TPSA) is 76.6 Å². The summed E-state index contributed by atoms with van der Waals surface area (Å²) < 4.78 is 11.2. The second-order valence-electron chi connectivity index (χ2n) is 6.99. The molecular formula is C21H28N4O3. The van der Waals surface area contributed by atoms with E-state index < -0.39 is 0 Å². The lowest BCUT2D eigenvalue weighted by Gasteiger charge is -2.32. The third kappa shape index (κ3) is 5.19. The maximum Gasteiger partial charge on any atom is 0.257 e. The Balaban J connectivity index is 1.60. The Morgan fingerprint density at radius 2 is 2.21 bits per heavy atom. The van der Waals surface area contributed by atoms with Gasteiger partial charge >= 0.3 is 0 Å². The molecule has 2 aromatic rings. The number of aryl methyl sites for hydroxylation is 1. The van der Waals surface area contributed by atoms with Gasteiger partial charge in [-0.25, -0.2) is 9.97 Å². The van der Waals surface area contributed by atoms with Crippen LogP contribution in [0.2, 0.25) is 0 Å². The van der Waals surface area contributed by atoms with Crippen LogP contribution in [0.5, 0.6) is 5.88 Å². The summed E-state index contributed by atoms with van der Waals surface area (Å²) in [4.78, 5) is 23.7. The summed E-state index contributed by atoms with van der Waals surface area (Å²) in [5.41, 5.74) is 2.21. The maximum absolute atomic E-state index is 12.6. The van der Waals surface area contributed by atoms with Crippen LogP contribution in [0, 0.1) is 6.92 Å². The van der Waals surface area contributed by atoms with Gasteiger partial charge in [-0.1, -0.05) is 13.0 Å². The number of hydrogen-bond donors (Lipinski definition) is 1. The van der Waals surface area contributed by atoms with Crippen LogP contribution in [0.15, 0.2) is 30.5 Å². The first-order chi connectivity index (χ1) is 13.6. The molecule has 7 heteroatoms. The summed E-state index contributed by atoms with van der Waals surface area (Å²) in [6, 6.07) is 7.55. The first kappa shape index (κ1) is 20.1. The molecular weight excluding hydrogens is 356 g/mol. The number of aromatic nitrogens is 2. The van der Waals surface area contributed by atoms with Gasteiger partial charge in [0.25, 0.3) is 5.91 Å². The smallest absolute Gasteiger partial charge is 0.257 e. The molecule has 0 saturated carbocycles. The third-order valence-electron chi connectivity index (χ3n) is 4.51. The highest BCUT2D eigenvalue weighted by Gasteiger charge is 2.18. The van der Waals surface area contributed by atoms with Gasteiger partial charge in [0.1, 0.15) is 11.4 Å². The molecule has 1 aliphatic heterocycles. The molecule has 3 rings (SSSR count). The molecule has 2 aromatic heterocycles. The van der Waals surface area contributed by atoms with Crippen LogP contribution in [-0.2, 0) is 11.3 Å². The van der Waals surface area contributed by atoms with Gasteiger partial charge in [0.2, 0.25) is 5.88 Å². The number of rotatable bonds is 7. The minimum absolute atomic E-state index is 0.204. The van der Waals surface area contributed by atoms with Crippen LogP contribution in [-0.4, -0.2) is 48.3 Å². The predicted octanol–water partition coefficient (Wildman–Crippen LogP) is 2.73. The summed E-state index contributed by atoms with van der Waals surface area (Å²) in [6.07, 6.45) is 2.87. The molecule has 1 atom stereocenters. The molecule has 7 nitrogen and oxygen atoms in total. The Morgan fingerprint density at radius 3 is 2.93 bits per heavy atom. The minimum atomic E-state index is -0.204. The maximum atomic E-state index is 12.6. The van der Waals surface area contributed by atoms with Crippen molar-refractivity contribution < 1.29 is 14.3 Å². The largest absolute Gasteiger partial charge is 0.477 e. The van der Waals surface area contributed by atoms with Crippen LogP contribution in [0.4, 0.5) is 5.82 Å². The van der Waals surface area contributed by atoms with E-state index in [2.05, 4.69) is 27.1 Å². The summed E-state index contributed by atoms with van der Waals surface area (Å²) in [7, 11) is 0. The summed E-state index contributed by atoms with van der Waals surface area (Å²) >= 11 is 0. The SMILES string of the molecule is CCCOc1nc(C)ccc1C(=O)NCc1ccc(N2CCOC(C)C2)nc1. The first-order valence-electron chi connectivity index (χ1n) is 9.77. The Bertz CT molecular complexity index is 795. The number of nitrogens with one attached hydrogen (secondary N) is 1. The average molecular weight is 384 g/mol. The second kappa shape index (κ2) is 9.50. The zero-order valence-corrected chi connectivity index (χ0v) is 16.8. The molecule has 3 heterocycles. The van der Waals surface area contributed by atoms with E-state index in [1.165, 1.54) is 0 Å². The van der Waals surface area contributed by atoms with E-state index in [1.54, 1.807) is 12.3 Å². The Hall–Kier alpha value is -2.67. The first-order valence-corrected chi connectivity index (χ1v) is 9.77. The molecule has 0 bridgehead atoms. The van der Waals surface area contributed by atoms with Crippen molar-refractivity contribution in [2.75, 3.05) is 31.2 Å². The number of amides is 1. The number of anilines is 1. The van der Waals surface area contributed by atoms with Crippen molar-refractivity contribution in [1.29, 1.82) is 0 Å². The van der Waals surface area contributed by atoms with E-state index >= 15 is 0 Å². The quantitative estimate of drug-likeness (QED) is 0.791. The molecule has 0 radical (unpaired) electrons. The lowest BCUT2D eigenvalue weighted by Crippen LogP contribution is -2.41. The van der Waals surface area contributed by atoms with Crippen LogP contribution >= 0.6 is 0 Å². The number of morpholine rings is 1. The summed E-state index contributed by atoms with van der Waals surface area (Å²) in [6.45, 7) is 9.28. The predicted molar refractivity (Wildman–Crippen MR) is 108 cm³/mol. The number of ether oxygens (including phenoxy) is 2. The Kier molecular flexibility index (Phi) is 6.81. The monoisotopic (exact) mass is 384 g/mol. The van der Waals surface area contributed by atoms with Gasteiger partial charge in [0.15, 0.2) is 0 Å². The van der Waals surface area contributed by atoms with E-state index in [0.29, 0.717) is 31.2 Å². The molecule has 1 amide bonds. The van der Waals surface area contributed by atoms with E-state index in [4.69, 9.17) is 9.47 Å². The van der Waals surface area contributed by atoms with Gasteiger partial charge < -0.3 is 19.7 Å². The third-order valence-corrected chi connectivity index (χ3v) is 4.51. The van der Waals surface area contributed by atoms with Crippen LogP contribution in [0.1, 0.15) is 41.9 Å². The van der Waals surface area contributed by atoms with Crippen molar-refractivity contribution in [1.82, 2.24) is 15.3 Å². The van der Waals surface area contributed by atoms with Crippen molar-refractivity contribution in [3.05, 3.63) is 47.3 Å². The number of nitrogens with zero attached hydrogens (tertiary/aromatic N) is 3. The van der Waals surface area contributed by atoms with Crippen molar-refractivity contribution in [2.24, 2.45) is 0 Å². The fourth-order valence-corrected chi connectivity index (χ4v) is 3.03. The number of hydrogen-bond acceptors (Lipinski definition) is 6. The van der Waals surface area contributed by atoms with Gasteiger partial charge in [-0.05, 0) is 44.0 Å². The average Bonchev–Trinajstić information content (AvgIpc) is 2.71. The fraction of sp³-hybridized carbons (Fsp3) is 0.476. The van der Waals surface area contributed by atoms with Crippen LogP contribution in [0.3, 0.4) is 0 Å². The zero-order valence-electron chi connectivity index (χ0n) is 16.8. The molecule has 1 aliphatic rings. The van der Waals surface area contributed by atoms with E-state index in [1.807, 2.05) is 32.0 Å². The molecule has 0 spiro atoms. The normalized spacial score (nSPS) is 16.7. The van der Waals surface area contributed by atoms with Crippen molar-refractivity contribution in [2.45, 2.75) is 39.8 Å². The van der Waals surface area contributed by atoms with Gasteiger partial charge in [-0.2, -0.15) is 0 Å². The molecule has 1 fully saturated rings. The van der Waals surface area contributed by atoms with Gasteiger partial charge in [-0.3, -0.25) is 4.79 Å². The minimum Gasteiger partial charge on any atom is -0.477 e. The fourth-order valence-electron chi connectivity index (χ4n) is 3.03. The van der Waals surface area contributed by atoms with Crippen LogP contribution in [0.25, 0.3) is 0 Å². The highest BCUT2D eigenvalue weighted by molar-refractivity contribution is 5.96. The number of pyridine rings is 2. The lowest BCUT2D eigenvalue weighted by atomic mass is 10.2. The van der Waals surface area contributed by atoms with Crippen molar-refractivity contribution in [3.8, 4) is 5.88 Å². The molecule has 150 valence electrons. The standard InChI is InChI=1S/C21H28N4O3/c1-4-10-28-21-18(7-5-15(2)24-21)20(26)23-13-17-6-8-19(22-12-17)25-9-11-27-16(3)14-25/h5-8,12,16H,4,9-11,13-14H2,1-3H3,(H,23,26). The van der Waals surface area contributed by atoms with Crippen molar-refractivity contribution >= 4 is 11.7 Å². The van der Waals surface area contributed by atoms with E-state index in [9.17, 15) is 4.79 Å². The highest BCUT2D eigenvalue weighted by Crippen LogP contribution is 2.18. The molecule has 28 heavy (non-hydrogen) atoms. The molecule has 1 N–H and O–H groups in total. The number of carbonyl (C=O) groups excluding carboxylic acids is 1. The molecule has 0 aromatic carbocycles. The van der Waals surface area contributed by atoms with Gasteiger partial charge in [0.05, 0.1) is 19.3 Å². The van der Waals surface area contributed by atoms with E-state index in [-0.39, 0.29) is 12.0 Å². The van der Waals surface area contributed by atoms with Gasteiger partial charge in [-0.15, -0.1) is 0 Å².